The van der Waals surface area contributed by atoms with Gasteiger partial charge >= 0.3 is 6.03 Å². The maximum atomic E-state index is 11.5. The van der Waals surface area contributed by atoms with E-state index in [1.807, 2.05) is 31.2 Å². The van der Waals surface area contributed by atoms with Crippen LogP contribution in [0.1, 0.15) is 25.0 Å². The third-order valence-electron chi connectivity index (χ3n) is 3.70. The van der Waals surface area contributed by atoms with Crippen LogP contribution in [0.4, 0.5) is 4.79 Å². The van der Waals surface area contributed by atoms with Gasteiger partial charge in [0.1, 0.15) is 0 Å². The van der Waals surface area contributed by atoms with E-state index in [9.17, 15) is 9.59 Å². The molecule has 0 bridgehead atoms. The number of nitrogens with zero attached hydrogens (tertiary/aromatic N) is 1. The maximum Gasteiger partial charge on any atom is 0.318 e. The fourth-order valence-electron chi connectivity index (χ4n) is 2.49. The smallest absolute Gasteiger partial charge is 0.318 e. The summed E-state index contributed by atoms with van der Waals surface area (Å²) in [6, 6.07) is 6.95. The second-order valence-electron chi connectivity index (χ2n) is 5.35. The number of nitrogens with one attached hydrogen (secondary N) is 1. The molecule has 120 valence electrons. The van der Waals surface area contributed by atoms with Crippen LogP contribution in [0.25, 0.3) is 0 Å². The van der Waals surface area contributed by atoms with E-state index < -0.39 is 6.03 Å². The fraction of sp³-hybridized carbons (Fsp3) is 0.467. The number of halogens is 1. The number of morpholine rings is 1. The third kappa shape index (κ3) is 4.43. The number of carbonyl (C=O) groups is 2. The van der Waals surface area contributed by atoms with E-state index in [1.165, 1.54) is 0 Å². The molecule has 1 heterocycles. The number of hydrogen-bond donors (Lipinski definition) is 2. The van der Waals surface area contributed by atoms with E-state index in [0.29, 0.717) is 24.7 Å². The van der Waals surface area contributed by atoms with E-state index >= 15 is 0 Å². The molecule has 1 aliphatic heterocycles. The van der Waals surface area contributed by atoms with Gasteiger partial charge in [0.05, 0.1) is 12.7 Å². The first-order chi connectivity index (χ1) is 10.5. The van der Waals surface area contributed by atoms with Crippen molar-refractivity contribution in [3.05, 3.63) is 34.9 Å². The van der Waals surface area contributed by atoms with Gasteiger partial charge in [-0.2, -0.15) is 0 Å². The van der Waals surface area contributed by atoms with Gasteiger partial charge in [-0.3, -0.25) is 15.0 Å². The zero-order chi connectivity index (χ0) is 16.1. The lowest BCUT2D eigenvalue weighted by atomic mass is 10.1. The predicted molar refractivity (Wildman–Crippen MR) is 83.5 cm³/mol. The van der Waals surface area contributed by atoms with Gasteiger partial charge in [0.2, 0.25) is 5.91 Å². The van der Waals surface area contributed by atoms with Crippen LogP contribution in [0.5, 0.6) is 0 Å². The number of ether oxygens (including phenoxy) is 1. The molecular weight excluding hydrogens is 306 g/mol. The zero-order valence-electron chi connectivity index (χ0n) is 12.4. The molecule has 3 amide bonds. The van der Waals surface area contributed by atoms with E-state index in [2.05, 4.69) is 10.2 Å². The normalized spacial score (nSPS) is 22.3. The Hall–Kier alpha value is -1.63. The molecule has 3 N–H and O–H groups in total. The van der Waals surface area contributed by atoms with Crippen molar-refractivity contribution in [1.82, 2.24) is 10.2 Å². The Morgan fingerprint density at radius 1 is 1.45 bits per heavy atom. The van der Waals surface area contributed by atoms with Crippen molar-refractivity contribution in [3.8, 4) is 0 Å². The summed E-state index contributed by atoms with van der Waals surface area (Å²) >= 11 is 6.21. The molecule has 0 spiro atoms. The maximum absolute atomic E-state index is 11.5. The highest BCUT2D eigenvalue weighted by molar-refractivity contribution is 6.31. The number of nitrogens with two attached hydrogens (primary N) is 1. The standard InChI is InChI=1S/C15H20ClN3O3/c1-10-9-22-13(11-4-2-3-5-12(11)16)8-19(10)7-6-14(20)18-15(17)21/h2-5,10,13H,6-9H2,1H3,(H3,17,18,20,21)/t10-,13+/m0/s1. The van der Waals surface area contributed by atoms with Gasteiger partial charge in [0.15, 0.2) is 0 Å². The molecule has 2 atom stereocenters. The fourth-order valence-corrected chi connectivity index (χ4v) is 2.74. The molecule has 1 fully saturated rings. The topological polar surface area (TPSA) is 84.7 Å². The molecule has 1 aromatic carbocycles. The molecule has 1 saturated heterocycles. The number of primary amides is 1. The summed E-state index contributed by atoms with van der Waals surface area (Å²) in [5.41, 5.74) is 5.87. The molecule has 0 unspecified atom stereocenters. The lowest BCUT2D eigenvalue weighted by molar-refractivity contribution is -0.121. The molecule has 0 saturated carbocycles. The van der Waals surface area contributed by atoms with Crippen LogP contribution in [0.15, 0.2) is 24.3 Å². The number of rotatable bonds is 4. The summed E-state index contributed by atoms with van der Waals surface area (Å²) in [5, 5.41) is 2.74. The third-order valence-corrected chi connectivity index (χ3v) is 4.05. The van der Waals surface area contributed by atoms with Crippen LogP contribution >= 0.6 is 11.6 Å². The van der Waals surface area contributed by atoms with Crippen LogP contribution in [0.2, 0.25) is 5.02 Å². The Morgan fingerprint density at radius 2 is 2.18 bits per heavy atom. The van der Waals surface area contributed by atoms with Crippen molar-refractivity contribution >= 4 is 23.5 Å². The molecule has 1 aromatic rings. The van der Waals surface area contributed by atoms with E-state index in [0.717, 1.165) is 5.56 Å². The van der Waals surface area contributed by atoms with Gasteiger partial charge in [-0.15, -0.1) is 0 Å². The quantitative estimate of drug-likeness (QED) is 0.882. The van der Waals surface area contributed by atoms with Gasteiger partial charge < -0.3 is 10.5 Å². The molecule has 0 aromatic heterocycles. The Morgan fingerprint density at radius 3 is 2.86 bits per heavy atom. The molecule has 0 aliphatic carbocycles. The van der Waals surface area contributed by atoms with Gasteiger partial charge in [0, 0.05) is 36.1 Å². The Balaban J connectivity index is 1.95. The molecule has 6 nitrogen and oxygen atoms in total. The molecular formula is C15H20ClN3O3. The van der Waals surface area contributed by atoms with Gasteiger partial charge in [0.25, 0.3) is 0 Å². The number of carbonyl (C=O) groups excluding carboxylic acids is 2. The number of amides is 3. The molecule has 2 rings (SSSR count). The van der Waals surface area contributed by atoms with Gasteiger partial charge in [-0.25, -0.2) is 4.79 Å². The minimum atomic E-state index is -0.825. The lowest BCUT2D eigenvalue weighted by Crippen LogP contribution is -2.46. The van der Waals surface area contributed by atoms with Crippen molar-refractivity contribution in [2.24, 2.45) is 5.73 Å². The molecule has 1 aliphatic rings. The Kier molecular flexibility index (Phi) is 5.76. The van der Waals surface area contributed by atoms with Crippen LogP contribution in [-0.4, -0.2) is 42.6 Å². The number of imide groups is 1. The number of urea groups is 1. The highest BCUT2D eigenvalue weighted by Gasteiger charge is 2.28. The minimum absolute atomic E-state index is 0.121. The molecule has 0 radical (unpaired) electrons. The highest BCUT2D eigenvalue weighted by Crippen LogP contribution is 2.29. The van der Waals surface area contributed by atoms with Gasteiger partial charge in [-0.1, -0.05) is 29.8 Å². The van der Waals surface area contributed by atoms with Crippen molar-refractivity contribution in [2.75, 3.05) is 19.7 Å². The van der Waals surface area contributed by atoms with Crippen LogP contribution in [0.3, 0.4) is 0 Å². The van der Waals surface area contributed by atoms with Crippen molar-refractivity contribution in [3.63, 3.8) is 0 Å². The van der Waals surface area contributed by atoms with Crippen LogP contribution < -0.4 is 11.1 Å². The summed E-state index contributed by atoms with van der Waals surface area (Å²) in [6.45, 7) is 3.78. The van der Waals surface area contributed by atoms with E-state index in [-0.39, 0.29) is 24.5 Å². The predicted octanol–water partition coefficient (Wildman–Crippen LogP) is 1.69. The summed E-state index contributed by atoms with van der Waals surface area (Å²) in [7, 11) is 0. The average molecular weight is 326 g/mol. The first-order valence-electron chi connectivity index (χ1n) is 7.16. The molecule has 22 heavy (non-hydrogen) atoms. The Bertz CT molecular complexity index is 553. The van der Waals surface area contributed by atoms with Crippen LogP contribution in [-0.2, 0) is 9.53 Å². The van der Waals surface area contributed by atoms with E-state index in [1.54, 1.807) is 0 Å². The summed E-state index contributed by atoms with van der Waals surface area (Å²) < 4.78 is 5.86. The number of benzene rings is 1. The van der Waals surface area contributed by atoms with Crippen molar-refractivity contribution < 1.29 is 14.3 Å². The second kappa shape index (κ2) is 7.58. The first kappa shape index (κ1) is 16.7. The summed E-state index contributed by atoms with van der Waals surface area (Å²) in [5.74, 6) is -0.375. The first-order valence-corrected chi connectivity index (χ1v) is 7.54. The van der Waals surface area contributed by atoms with Crippen molar-refractivity contribution in [2.45, 2.75) is 25.5 Å². The van der Waals surface area contributed by atoms with Crippen molar-refractivity contribution in [1.29, 1.82) is 0 Å². The zero-order valence-corrected chi connectivity index (χ0v) is 13.2. The molecule has 7 heteroatoms. The van der Waals surface area contributed by atoms with Gasteiger partial charge in [-0.05, 0) is 13.0 Å². The van der Waals surface area contributed by atoms with Crippen LogP contribution in [0, 0.1) is 0 Å². The summed E-state index contributed by atoms with van der Waals surface area (Å²) in [4.78, 5) is 24.3. The summed E-state index contributed by atoms with van der Waals surface area (Å²) in [6.07, 6.45) is 0.0896. The minimum Gasteiger partial charge on any atom is -0.371 e. The average Bonchev–Trinajstić information content (AvgIpc) is 2.46. The lowest BCUT2D eigenvalue weighted by Gasteiger charge is -2.38. The Labute approximate surface area is 134 Å². The highest BCUT2D eigenvalue weighted by atomic mass is 35.5. The number of hydrogen-bond acceptors (Lipinski definition) is 4. The monoisotopic (exact) mass is 325 g/mol. The van der Waals surface area contributed by atoms with E-state index in [4.69, 9.17) is 22.1 Å². The second-order valence-corrected chi connectivity index (χ2v) is 5.76. The largest absolute Gasteiger partial charge is 0.371 e. The SMILES string of the molecule is C[C@H]1CO[C@@H](c2ccccc2Cl)CN1CCC(=O)NC(N)=O.